The normalized spacial score (nSPS) is 15.5. The summed E-state index contributed by atoms with van der Waals surface area (Å²) in [6.07, 6.45) is -2.52. The van der Waals surface area contributed by atoms with Crippen LogP contribution in [-0.4, -0.2) is 45.9 Å². The van der Waals surface area contributed by atoms with E-state index < -0.39 is 62.5 Å². The number of nitrogens with one attached hydrogen (secondary N) is 1. The molecule has 1 saturated carbocycles. The Labute approximate surface area is 180 Å². The van der Waals surface area contributed by atoms with Crippen molar-refractivity contribution in [2.45, 2.75) is 36.2 Å². The van der Waals surface area contributed by atoms with Crippen molar-refractivity contribution in [3.8, 4) is 5.13 Å². The zero-order chi connectivity index (χ0) is 23.4. The molecule has 0 bridgehead atoms. The fourth-order valence-electron chi connectivity index (χ4n) is 3.11. The van der Waals surface area contributed by atoms with Crippen molar-refractivity contribution < 1.29 is 30.8 Å². The standard InChI is InChI=1S/C16H14F4N6O4S2/c17-6-16(1-2-16)24-32(29,30)10-4-9-8(3-7(10)18)25(5-11(21)27)15(28)26(9)14-23-22-13(31-14)12(19)20/h3-4,12,24H,1-2,5-6H2,(H2,21,27). The molecule has 2 heterocycles. The first kappa shape index (κ1) is 22.3. The van der Waals surface area contributed by atoms with Gasteiger partial charge in [-0.15, -0.1) is 10.2 Å². The molecule has 0 spiro atoms. The van der Waals surface area contributed by atoms with Gasteiger partial charge in [-0.2, -0.15) is 0 Å². The third-order valence-corrected chi connectivity index (χ3v) is 7.36. The van der Waals surface area contributed by atoms with E-state index in [1.807, 2.05) is 0 Å². The van der Waals surface area contributed by atoms with E-state index >= 15 is 0 Å². The van der Waals surface area contributed by atoms with Gasteiger partial charge in [-0.1, -0.05) is 11.3 Å². The van der Waals surface area contributed by atoms with Crippen molar-refractivity contribution in [1.82, 2.24) is 24.1 Å². The first-order valence-corrected chi connectivity index (χ1v) is 11.2. The van der Waals surface area contributed by atoms with Gasteiger partial charge in [0.1, 0.15) is 23.9 Å². The number of halogens is 4. The quantitative estimate of drug-likeness (QED) is 0.447. The largest absolute Gasteiger partial charge is 0.368 e. The highest BCUT2D eigenvalue weighted by molar-refractivity contribution is 7.89. The number of carbonyl (C=O) groups excluding carboxylic acids is 1. The second-order valence-electron chi connectivity index (χ2n) is 7.18. The van der Waals surface area contributed by atoms with E-state index in [1.165, 1.54) is 0 Å². The number of carbonyl (C=O) groups is 1. The minimum atomic E-state index is -4.56. The van der Waals surface area contributed by atoms with E-state index in [-0.39, 0.29) is 29.0 Å². The van der Waals surface area contributed by atoms with Crippen molar-refractivity contribution in [3.05, 3.63) is 33.4 Å². The summed E-state index contributed by atoms with van der Waals surface area (Å²) < 4.78 is 82.9. The Morgan fingerprint density at radius 1 is 1.28 bits per heavy atom. The molecule has 2 aromatic heterocycles. The van der Waals surface area contributed by atoms with E-state index in [4.69, 9.17) is 5.73 Å². The molecule has 16 heteroatoms. The van der Waals surface area contributed by atoms with Crippen molar-refractivity contribution in [2.75, 3.05) is 6.67 Å². The van der Waals surface area contributed by atoms with E-state index in [2.05, 4.69) is 14.9 Å². The number of benzene rings is 1. The van der Waals surface area contributed by atoms with Gasteiger partial charge in [0.2, 0.25) is 21.1 Å². The second-order valence-corrected chi connectivity index (χ2v) is 9.82. The molecule has 4 rings (SSSR count). The summed E-state index contributed by atoms with van der Waals surface area (Å²) in [5.41, 5.74) is 2.34. The van der Waals surface area contributed by atoms with Crippen LogP contribution in [0.5, 0.6) is 0 Å². The lowest BCUT2D eigenvalue weighted by atomic mass is 10.3. The Morgan fingerprint density at radius 3 is 2.50 bits per heavy atom. The Kier molecular flexibility index (Phi) is 5.33. The number of fused-ring (bicyclic) bond motifs is 1. The number of nitrogens with two attached hydrogens (primary N) is 1. The number of amides is 1. The third-order valence-electron chi connectivity index (χ3n) is 4.85. The molecule has 172 valence electrons. The zero-order valence-corrected chi connectivity index (χ0v) is 17.5. The maximum Gasteiger partial charge on any atom is 0.336 e. The third kappa shape index (κ3) is 3.77. The van der Waals surface area contributed by atoms with Gasteiger partial charge in [0, 0.05) is 6.07 Å². The fraction of sp³-hybridized carbons (Fsp3) is 0.375. The highest BCUT2D eigenvalue weighted by Crippen LogP contribution is 2.38. The lowest BCUT2D eigenvalue weighted by molar-refractivity contribution is -0.118. The van der Waals surface area contributed by atoms with Gasteiger partial charge in [0.15, 0.2) is 5.01 Å². The van der Waals surface area contributed by atoms with Gasteiger partial charge in [-0.05, 0) is 18.9 Å². The lowest BCUT2D eigenvalue weighted by Crippen LogP contribution is -2.38. The number of rotatable bonds is 8. The molecule has 0 aliphatic heterocycles. The summed E-state index contributed by atoms with van der Waals surface area (Å²) in [7, 11) is -4.56. The van der Waals surface area contributed by atoms with Crippen molar-refractivity contribution >= 4 is 38.3 Å². The average Bonchev–Trinajstić information content (AvgIpc) is 3.19. The molecule has 1 fully saturated rings. The van der Waals surface area contributed by atoms with Gasteiger partial charge in [0.25, 0.3) is 6.43 Å². The van der Waals surface area contributed by atoms with Crippen LogP contribution in [0.1, 0.15) is 24.3 Å². The van der Waals surface area contributed by atoms with E-state index in [9.17, 15) is 35.6 Å². The molecule has 0 unspecified atom stereocenters. The molecule has 0 saturated heterocycles. The maximum atomic E-state index is 14.8. The molecule has 0 atom stereocenters. The number of hydrogen-bond donors (Lipinski definition) is 2. The number of aromatic nitrogens is 4. The minimum Gasteiger partial charge on any atom is -0.368 e. The molecule has 1 aliphatic carbocycles. The number of imidazole rings is 1. The lowest BCUT2D eigenvalue weighted by Gasteiger charge is -2.14. The molecule has 1 aliphatic rings. The smallest absolute Gasteiger partial charge is 0.336 e. The topological polar surface area (TPSA) is 142 Å². The summed E-state index contributed by atoms with van der Waals surface area (Å²) in [5, 5.41) is 5.73. The summed E-state index contributed by atoms with van der Waals surface area (Å²) in [6, 6.07) is 1.47. The molecule has 10 nitrogen and oxygen atoms in total. The first-order chi connectivity index (χ1) is 15.0. The van der Waals surface area contributed by atoms with Crippen LogP contribution in [0.3, 0.4) is 0 Å². The number of sulfonamides is 1. The molecule has 1 aromatic carbocycles. The van der Waals surface area contributed by atoms with Crippen molar-refractivity contribution in [1.29, 1.82) is 0 Å². The summed E-state index contributed by atoms with van der Waals surface area (Å²) in [4.78, 5) is 23.4. The Balaban J connectivity index is 1.96. The van der Waals surface area contributed by atoms with Gasteiger partial charge in [-0.25, -0.2) is 40.1 Å². The van der Waals surface area contributed by atoms with E-state index in [0.29, 0.717) is 17.4 Å². The number of alkyl halides is 3. The second kappa shape index (κ2) is 7.63. The van der Waals surface area contributed by atoms with Crippen LogP contribution in [-0.2, 0) is 21.4 Å². The molecule has 0 radical (unpaired) electrons. The van der Waals surface area contributed by atoms with Crippen LogP contribution < -0.4 is 16.1 Å². The average molecular weight is 494 g/mol. The van der Waals surface area contributed by atoms with Crippen LogP contribution in [0, 0.1) is 5.82 Å². The molecule has 3 aromatic rings. The van der Waals surface area contributed by atoms with Crippen LogP contribution in [0.2, 0.25) is 0 Å². The predicted octanol–water partition coefficient (Wildman–Crippen LogP) is 0.986. The summed E-state index contributed by atoms with van der Waals surface area (Å²) in [6.45, 7) is -1.69. The van der Waals surface area contributed by atoms with E-state index in [1.54, 1.807) is 0 Å². The van der Waals surface area contributed by atoms with E-state index in [0.717, 1.165) is 15.2 Å². The molecular weight excluding hydrogens is 480 g/mol. The highest BCUT2D eigenvalue weighted by Gasteiger charge is 2.47. The van der Waals surface area contributed by atoms with Crippen LogP contribution in [0.25, 0.3) is 16.2 Å². The van der Waals surface area contributed by atoms with Crippen molar-refractivity contribution in [3.63, 3.8) is 0 Å². The first-order valence-electron chi connectivity index (χ1n) is 8.93. The fourth-order valence-corrected chi connectivity index (χ4v) is 5.34. The Morgan fingerprint density at radius 2 is 1.97 bits per heavy atom. The SMILES string of the molecule is NC(=O)Cn1c(=O)n(-c2nnc(C(F)F)s2)c2cc(S(=O)(=O)NC3(CF)CC3)c(F)cc21. The van der Waals surface area contributed by atoms with Crippen LogP contribution >= 0.6 is 11.3 Å². The highest BCUT2D eigenvalue weighted by atomic mass is 32.2. The molecule has 3 N–H and O–H groups in total. The van der Waals surface area contributed by atoms with Gasteiger partial charge < -0.3 is 5.73 Å². The maximum absolute atomic E-state index is 14.8. The van der Waals surface area contributed by atoms with Crippen LogP contribution in [0.4, 0.5) is 17.6 Å². The monoisotopic (exact) mass is 494 g/mol. The predicted molar refractivity (Wildman–Crippen MR) is 103 cm³/mol. The summed E-state index contributed by atoms with van der Waals surface area (Å²) in [5.74, 6) is -2.24. The van der Waals surface area contributed by atoms with Gasteiger partial charge >= 0.3 is 5.69 Å². The number of nitrogens with zero attached hydrogens (tertiary/aromatic N) is 4. The molecule has 1 amide bonds. The molecule has 32 heavy (non-hydrogen) atoms. The van der Waals surface area contributed by atoms with Crippen LogP contribution in [0.15, 0.2) is 21.8 Å². The number of primary amides is 1. The number of hydrogen-bond acceptors (Lipinski definition) is 7. The minimum absolute atomic E-state index is 0.230. The van der Waals surface area contributed by atoms with Gasteiger partial charge in [0.05, 0.1) is 16.6 Å². The van der Waals surface area contributed by atoms with Gasteiger partial charge in [-0.3, -0.25) is 9.36 Å². The Hall–Kier alpha value is -2.85. The zero-order valence-electron chi connectivity index (χ0n) is 15.9. The van der Waals surface area contributed by atoms with Crippen molar-refractivity contribution in [2.24, 2.45) is 5.73 Å². The summed E-state index contributed by atoms with van der Waals surface area (Å²) >= 11 is 0.349. The Bertz CT molecular complexity index is 1390. The molecular formula is C16H14F4N6O4S2.